The van der Waals surface area contributed by atoms with Gasteiger partial charge in [0.15, 0.2) is 0 Å². The van der Waals surface area contributed by atoms with E-state index in [0.29, 0.717) is 34.2 Å². The van der Waals surface area contributed by atoms with E-state index in [-0.39, 0.29) is 12.5 Å². The molecule has 0 aliphatic rings. The maximum Gasteiger partial charge on any atom is 0.255 e. The fourth-order valence-electron chi connectivity index (χ4n) is 3.02. The maximum absolute atomic E-state index is 12.6. The van der Waals surface area contributed by atoms with Crippen molar-refractivity contribution in [2.75, 3.05) is 37.1 Å². The molecule has 1 N–H and O–H groups in total. The molecule has 174 valence electrons. The zero-order valence-electron chi connectivity index (χ0n) is 18.9. The van der Waals surface area contributed by atoms with Gasteiger partial charge in [-0.05, 0) is 54.1 Å². The van der Waals surface area contributed by atoms with Crippen molar-refractivity contribution in [3.05, 3.63) is 77.9 Å². The first-order valence-electron chi connectivity index (χ1n) is 10.0. The summed E-state index contributed by atoms with van der Waals surface area (Å²) in [6, 6.07) is 18.9. The van der Waals surface area contributed by atoms with Gasteiger partial charge in [-0.3, -0.25) is 9.10 Å². The predicted molar refractivity (Wildman–Crippen MR) is 128 cm³/mol. The Labute approximate surface area is 193 Å². The Morgan fingerprint density at radius 3 is 2.27 bits per heavy atom. The standard InChI is InChI=1S/C24H26N2O6S/c1-26(33(4,28)29)22-13-10-19(25-24(27)18-8-11-20(30-2)12-9-18)15-23(22)32-16-17-6-5-7-21(14-17)31-3/h5-15H,16H2,1-4H3,(H,25,27). The van der Waals surface area contributed by atoms with Crippen molar-refractivity contribution in [1.29, 1.82) is 0 Å². The second-order valence-electron chi connectivity index (χ2n) is 7.24. The molecule has 33 heavy (non-hydrogen) atoms. The minimum Gasteiger partial charge on any atom is -0.497 e. The average molecular weight is 471 g/mol. The minimum absolute atomic E-state index is 0.178. The van der Waals surface area contributed by atoms with Gasteiger partial charge in [-0.25, -0.2) is 8.42 Å². The Morgan fingerprint density at radius 2 is 1.64 bits per heavy atom. The average Bonchev–Trinajstić information content (AvgIpc) is 2.82. The first-order chi connectivity index (χ1) is 15.7. The third kappa shape index (κ3) is 6.17. The number of nitrogens with zero attached hydrogens (tertiary/aromatic N) is 1. The highest BCUT2D eigenvalue weighted by Gasteiger charge is 2.18. The smallest absolute Gasteiger partial charge is 0.255 e. The zero-order valence-corrected chi connectivity index (χ0v) is 19.7. The number of rotatable bonds is 9. The normalized spacial score (nSPS) is 10.9. The van der Waals surface area contributed by atoms with Gasteiger partial charge in [0.2, 0.25) is 10.0 Å². The van der Waals surface area contributed by atoms with Gasteiger partial charge in [0.1, 0.15) is 23.9 Å². The molecule has 0 fully saturated rings. The van der Waals surface area contributed by atoms with Crippen LogP contribution < -0.4 is 23.8 Å². The maximum atomic E-state index is 12.6. The molecule has 0 unspecified atom stereocenters. The van der Waals surface area contributed by atoms with Crippen molar-refractivity contribution in [1.82, 2.24) is 0 Å². The van der Waals surface area contributed by atoms with E-state index in [1.54, 1.807) is 56.7 Å². The number of sulfonamides is 1. The van der Waals surface area contributed by atoms with Crippen LogP contribution in [0, 0.1) is 0 Å². The quantitative estimate of drug-likeness (QED) is 0.509. The molecular formula is C24H26N2O6S. The van der Waals surface area contributed by atoms with Crippen LogP contribution in [-0.4, -0.2) is 41.8 Å². The molecule has 3 aromatic carbocycles. The summed E-state index contributed by atoms with van der Waals surface area (Å²) in [7, 11) is 1.05. The highest BCUT2D eigenvalue weighted by Crippen LogP contribution is 2.33. The molecule has 1 amide bonds. The lowest BCUT2D eigenvalue weighted by molar-refractivity contribution is 0.102. The summed E-state index contributed by atoms with van der Waals surface area (Å²) in [5.74, 6) is 1.32. The second kappa shape index (κ2) is 10.3. The van der Waals surface area contributed by atoms with Crippen molar-refractivity contribution in [3.8, 4) is 17.2 Å². The van der Waals surface area contributed by atoms with Gasteiger partial charge in [0, 0.05) is 24.4 Å². The van der Waals surface area contributed by atoms with Crippen LogP contribution in [0.15, 0.2) is 66.7 Å². The molecule has 0 atom stereocenters. The lowest BCUT2D eigenvalue weighted by atomic mass is 10.2. The van der Waals surface area contributed by atoms with Crippen LogP contribution in [0.5, 0.6) is 17.2 Å². The molecular weight excluding hydrogens is 444 g/mol. The molecule has 0 aliphatic carbocycles. The molecule has 0 heterocycles. The first-order valence-corrected chi connectivity index (χ1v) is 11.8. The van der Waals surface area contributed by atoms with E-state index in [9.17, 15) is 13.2 Å². The fraction of sp³-hybridized carbons (Fsp3) is 0.208. The summed E-state index contributed by atoms with van der Waals surface area (Å²) < 4.78 is 41.7. The molecule has 0 saturated heterocycles. The van der Waals surface area contributed by atoms with E-state index in [2.05, 4.69) is 5.32 Å². The van der Waals surface area contributed by atoms with Crippen molar-refractivity contribution in [2.45, 2.75) is 6.61 Å². The molecule has 0 aromatic heterocycles. The van der Waals surface area contributed by atoms with Gasteiger partial charge in [-0.2, -0.15) is 0 Å². The highest BCUT2D eigenvalue weighted by molar-refractivity contribution is 7.92. The first kappa shape index (κ1) is 23.9. The molecule has 3 aromatic rings. The van der Waals surface area contributed by atoms with Crippen molar-refractivity contribution in [2.24, 2.45) is 0 Å². The Morgan fingerprint density at radius 1 is 0.939 bits per heavy atom. The van der Waals surface area contributed by atoms with Crippen molar-refractivity contribution in [3.63, 3.8) is 0 Å². The van der Waals surface area contributed by atoms with E-state index in [4.69, 9.17) is 14.2 Å². The van der Waals surface area contributed by atoms with Gasteiger partial charge in [-0.15, -0.1) is 0 Å². The van der Waals surface area contributed by atoms with Gasteiger partial charge in [0.25, 0.3) is 5.91 Å². The SMILES string of the molecule is COc1ccc(C(=O)Nc2ccc(N(C)S(C)(=O)=O)c(OCc3cccc(OC)c3)c2)cc1. The van der Waals surface area contributed by atoms with Crippen molar-refractivity contribution < 1.29 is 27.4 Å². The summed E-state index contributed by atoms with van der Waals surface area (Å²) in [5.41, 5.74) is 2.10. The van der Waals surface area contributed by atoms with E-state index < -0.39 is 10.0 Å². The Kier molecular flexibility index (Phi) is 7.44. The van der Waals surface area contributed by atoms with E-state index in [1.165, 1.54) is 7.05 Å². The molecule has 0 saturated carbocycles. The molecule has 0 aliphatic heterocycles. The lowest BCUT2D eigenvalue weighted by Crippen LogP contribution is -2.25. The summed E-state index contributed by atoms with van der Waals surface area (Å²) in [4.78, 5) is 12.6. The lowest BCUT2D eigenvalue weighted by Gasteiger charge is -2.21. The number of nitrogens with one attached hydrogen (secondary N) is 1. The van der Waals surface area contributed by atoms with Crippen molar-refractivity contribution >= 4 is 27.3 Å². The summed E-state index contributed by atoms with van der Waals surface area (Å²) in [6.45, 7) is 0.178. The van der Waals surface area contributed by atoms with Gasteiger partial charge in [-0.1, -0.05) is 12.1 Å². The summed E-state index contributed by atoms with van der Waals surface area (Å²) in [6.07, 6.45) is 1.11. The van der Waals surface area contributed by atoms with Crippen LogP contribution in [0.3, 0.4) is 0 Å². The van der Waals surface area contributed by atoms with Crippen LogP contribution >= 0.6 is 0 Å². The van der Waals surface area contributed by atoms with Crippen LogP contribution in [0.1, 0.15) is 15.9 Å². The van der Waals surface area contributed by atoms with E-state index >= 15 is 0 Å². The number of carbonyl (C=O) groups is 1. The minimum atomic E-state index is -3.52. The third-order valence-electron chi connectivity index (χ3n) is 4.94. The van der Waals surface area contributed by atoms with E-state index in [0.717, 1.165) is 16.1 Å². The Balaban J connectivity index is 1.86. The molecule has 0 bridgehead atoms. The second-order valence-corrected chi connectivity index (χ2v) is 9.25. The Bertz CT molecular complexity index is 1230. The Hall–Kier alpha value is -3.72. The number of ether oxygens (including phenoxy) is 3. The third-order valence-corrected chi connectivity index (χ3v) is 6.13. The fourth-order valence-corrected chi connectivity index (χ4v) is 3.52. The van der Waals surface area contributed by atoms with Gasteiger partial charge < -0.3 is 19.5 Å². The van der Waals surface area contributed by atoms with Gasteiger partial charge in [0.05, 0.1) is 26.2 Å². The molecule has 9 heteroatoms. The molecule has 0 radical (unpaired) electrons. The summed E-state index contributed by atoms with van der Waals surface area (Å²) >= 11 is 0. The van der Waals surface area contributed by atoms with Crippen LogP contribution in [0.2, 0.25) is 0 Å². The monoisotopic (exact) mass is 470 g/mol. The summed E-state index contributed by atoms with van der Waals surface area (Å²) in [5, 5.41) is 2.81. The highest BCUT2D eigenvalue weighted by atomic mass is 32.2. The number of amides is 1. The number of hydrogen-bond acceptors (Lipinski definition) is 6. The van der Waals surface area contributed by atoms with Crippen LogP contribution in [-0.2, 0) is 16.6 Å². The van der Waals surface area contributed by atoms with Crippen LogP contribution in [0.4, 0.5) is 11.4 Å². The number of anilines is 2. The number of carbonyl (C=O) groups excluding carboxylic acids is 1. The van der Waals surface area contributed by atoms with Gasteiger partial charge >= 0.3 is 0 Å². The number of benzene rings is 3. The number of methoxy groups -OCH3 is 2. The number of hydrogen-bond donors (Lipinski definition) is 1. The van der Waals surface area contributed by atoms with Crippen LogP contribution in [0.25, 0.3) is 0 Å². The molecule has 3 rings (SSSR count). The predicted octanol–water partition coefficient (Wildman–Crippen LogP) is 3.93. The molecule has 8 nitrogen and oxygen atoms in total. The van der Waals surface area contributed by atoms with E-state index in [1.807, 2.05) is 24.3 Å². The molecule has 0 spiro atoms. The topological polar surface area (TPSA) is 94.2 Å². The largest absolute Gasteiger partial charge is 0.497 e. The zero-order chi connectivity index (χ0) is 24.0.